The summed E-state index contributed by atoms with van der Waals surface area (Å²) in [6.45, 7) is 4.35. The summed E-state index contributed by atoms with van der Waals surface area (Å²) >= 11 is 3.29. The van der Waals surface area contributed by atoms with Crippen LogP contribution in [0.25, 0.3) is 0 Å². The van der Waals surface area contributed by atoms with Crippen molar-refractivity contribution in [3.8, 4) is 0 Å². The summed E-state index contributed by atoms with van der Waals surface area (Å²) in [4.78, 5) is 0. The van der Waals surface area contributed by atoms with E-state index in [-0.39, 0.29) is 11.9 Å². The third kappa shape index (κ3) is 3.55. The first-order valence-electron chi connectivity index (χ1n) is 6.77. The normalized spacial score (nSPS) is 26.0. The van der Waals surface area contributed by atoms with Crippen molar-refractivity contribution in [2.45, 2.75) is 51.6 Å². The zero-order valence-corrected chi connectivity index (χ0v) is 12.6. The SMILES string of the molecule is CC1CCCC(NC(C)c2ccc(Br)cc2F)C1. The lowest BCUT2D eigenvalue weighted by molar-refractivity contribution is 0.284. The minimum atomic E-state index is -0.131. The van der Waals surface area contributed by atoms with Gasteiger partial charge >= 0.3 is 0 Å². The van der Waals surface area contributed by atoms with E-state index in [1.807, 2.05) is 19.1 Å². The number of nitrogens with one attached hydrogen (secondary N) is 1. The number of rotatable bonds is 3. The molecule has 3 unspecified atom stereocenters. The van der Waals surface area contributed by atoms with Crippen LogP contribution in [0, 0.1) is 11.7 Å². The molecule has 3 heteroatoms. The Kier molecular flexibility index (Phi) is 4.79. The predicted molar refractivity (Wildman–Crippen MR) is 77.1 cm³/mol. The highest BCUT2D eigenvalue weighted by Gasteiger charge is 2.21. The molecule has 0 aliphatic heterocycles. The molecule has 1 aromatic carbocycles. The molecular weight excluding hydrogens is 293 g/mol. The van der Waals surface area contributed by atoms with Gasteiger partial charge in [-0.25, -0.2) is 4.39 Å². The third-order valence-electron chi connectivity index (χ3n) is 3.85. The average Bonchev–Trinajstić information content (AvgIpc) is 2.28. The molecule has 18 heavy (non-hydrogen) atoms. The van der Waals surface area contributed by atoms with Gasteiger partial charge in [-0.05, 0) is 37.8 Å². The molecule has 1 N–H and O–H groups in total. The van der Waals surface area contributed by atoms with Gasteiger partial charge < -0.3 is 5.32 Å². The number of hydrogen-bond donors (Lipinski definition) is 1. The Labute approximate surface area is 117 Å². The van der Waals surface area contributed by atoms with Crippen LogP contribution >= 0.6 is 15.9 Å². The Morgan fingerprint density at radius 3 is 2.83 bits per heavy atom. The van der Waals surface area contributed by atoms with Crippen LogP contribution in [0.15, 0.2) is 22.7 Å². The summed E-state index contributed by atoms with van der Waals surface area (Å²) < 4.78 is 14.7. The van der Waals surface area contributed by atoms with Crippen molar-refractivity contribution >= 4 is 15.9 Å². The van der Waals surface area contributed by atoms with E-state index in [4.69, 9.17) is 0 Å². The van der Waals surface area contributed by atoms with Gasteiger partial charge in [-0.1, -0.05) is 41.8 Å². The minimum Gasteiger partial charge on any atom is -0.307 e. The molecule has 2 rings (SSSR count). The molecule has 0 bridgehead atoms. The second-order valence-corrected chi connectivity index (χ2v) is 6.44. The maximum absolute atomic E-state index is 13.9. The molecule has 0 spiro atoms. The molecule has 1 saturated carbocycles. The molecule has 0 aromatic heterocycles. The first-order valence-corrected chi connectivity index (χ1v) is 7.56. The highest BCUT2D eigenvalue weighted by molar-refractivity contribution is 9.10. The smallest absolute Gasteiger partial charge is 0.129 e. The Bertz CT molecular complexity index is 407. The fourth-order valence-corrected chi connectivity index (χ4v) is 3.21. The summed E-state index contributed by atoms with van der Waals surface area (Å²) in [6.07, 6.45) is 5.04. The quantitative estimate of drug-likeness (QED) is 0.843. The van der Waals surface area contributed by atoms with Crippen molar-refractivity contribution in [3.05, 3.63) is 34.1 Å². The molecule has 0 heterocycles. The molecule has 1 fully saturated rings. The van der Waals surface area contributed by atoms with Gasteiger partial charge in [0.15, 0.2) is 0 Å². The summed E-state index contributed by atoms with van der Waals surface area (Å²) in [5.74, 6) is 0.659. The number of halogens is 2. The monoisotopic (exact) mass is 313 g/mol. The Balaban J connectivity index is 2.00. The lowest BCUT2D eigenvalue weighted by atomic mass is 9.86. The van der Waals surface area contributed by atoms with E-state index in [2.05, 4.69) is 28.2 Å². The maximum Gasteiger partial charge on any atom is 0.129 e. The first kappa shape index (κ1) is 14.0. The van der Waals surface area contributed by atoms with Crippen LogP contribution in [0.4, 0.5) is 4.39 Å². The Morgan fingerprint density at radius 2 is 2.17 bits per heavy atom. The Morgan fingerprint density at radius 1 is 1.39 bits per heavy atom. The molecular formula is C15H21BrFN. The maximum atomic E-state index is 13.9. The third-order valence-corrected chi connectivity index (χ3v) is 4.34. The van der Waals surface area contributed by atoms with Crippen LogP contribution in [0.5, 0.6) is 0 Å². The van der Waals surface area contributed by atoms with E-state index in [1.165, 1.54) is 31.7 Å². The van der Waals surface area contributed by atoms with Crippen molar-refractivity contribution in [2.24, 2.45) is 5.92 Å². The largest absolute Gasteiger partial charge is 0.307 e. The summed E-state index contributed by atoms with van der Waals surface area (Å²) in [6, 6.07) is 5.92. The molecule has 1 aliphatic rings. The van der Waals surface area contributed by atoms with E-state index < -0.39 is 0 Å². The summed E-state index contributed by atoms with van der Waals surface area (Å²) in [5, 5.41) is 3.57. The van der Waals surface area contributed by atoms with Gasteiger partial charge in [0.2, 0.25) is 0 Å². The Hall–Kier alpha value is -0.410. The molecule has 1 aliphatic carbocycles. The van der Waals surface area contributed by atoms with Gasteiger partial charge in [0.05, 0.1) is 0 Å². The van der Waals surface area contributed by atoms with Crippen LogP contribution in [0.2, 0.25) is 0 Å². The van der Waals surface area contributed by atoms with Crippen molar-refractivity contribution in [3.63, 3.8) is 0 Å². The van der Waals surface area contributed by atoms with Crippen LogP contribution in [0.3, 0.4) is 0 Å². The minimum absolute atomic E-state index is 0.0772. The molecule has 1 nitrogen and oxygen atoms in total. The summed E-state index contributed by atoms with van der Waals surface area (Å²) in [5.41, 5.74) is 0.761. The number of benzene rings is 1. The van der Waals surface area contributed by atoms with Crippen molar-refractivity contribution in [2.75, 3.05) is 0 Å². The van der Waals surface area contributed by atoms with Crippen LogP contribution in [0.1, 0.15) is 51.1 Å². The zero-order chi connectivity index (χ0) is 13.1. The molecule has 0 amide bonds. The van der Waals surface area contributed by atoms with E-state index in [9.17, 15) is 4.39 Å². The average molecular weight is 314 g/mol. The highest BCUT2D eigenvalue weighted by atomic mass is 79.9. The molecule has 3 atom stereocenters. The van der Waals surface area contributed by atoms with Crippen molar-refractivity contribution < 1.29 is 4.39 Å². The van der Waals surface area contributed by atoms with Gasteiger partial charge in [-0.2, -0.15) is 0 Å². The van der Waals surface area contributed by atoms with Crippen molar-refractivity contribution in [1.29, 1.82) is 0 Å². The first-order chi connectivity index (χ1) is 8.56. The fourth-order valence-electron chi connectivity index (χ4n) is 2.88. The standard InChI is InChI=1S/C15H21BrFN/c1-10-4-3-5-13(8-10)18-11(2)14-7-6-12(16)9-15(14)17/h6-7,9-11,13,18H,3-5,8H2,1-2H3. The predicted octanol–water partition coefficient (Wildman–Crippen LogP) is 4.82. The topological polar surface area (TPSA) is 12.0 Å². The zero-order valence-electron chi connectivity index (χ0n) is 11.0. The van der Waals surface area contributed by atoms with E-state index in [0.29, 0.717) is 6.04 Å². The van der Waals surface area contributed by atoms with Gasteiger partial charge in [-0.15, -0.1) is 0 Å². The lowest BCUT2D eigenvalue weighted by Gasteiger charge is -2.30. The summed E-state index contributed by atoms with van der Waals surface area (Å²) in [7, 11) is 0. The molecule has 1 aromatic rings. The van der Waals surface area contributed by atoms with Gasteiger partial charge in [0, 0.05) is 22.1 Å². The van der Waals surface area contributed by atoms with Crippen LogP contribution in [-0.4, -0.2) is 6.04 Å². The molecule has 0 saturated heterocycles. The van der Waals surface area contributed by atoms with E-state index >= 15 is 0 Å². The molecule has 100 valence electrons. The van der Waals surface area contributed by atoms with Crippen LogP contribution < -0.4 is 5.32 Å². The second-order valence-electron chi connectivity index (χ2n) is 5.52. The van der Waals surface area contributed by atoms with Gasteiger partial charge in [0.25, 0.3) is 0 Å². The second kappa shape index (κ2) is 6.16. The lowest BCUT2D eigenvalue weighted by Crippen LogP contribution is -2.35. The van der Waals surface area contributed by atoms with E-state index in [0.717, 1.165) is 16.0 Å². The van der Waals surface area contributed by atoms with E-state index in [1.54, 1.807) is 0 Å². The van der Waals surface area contributed by atoms with Gasteiger partial charge in [0.1, 0.15) is 5.82 Å². The highest BCUT2D eigenvalue weighted by Crippen LogP contribution is 2.27. The van der Waals surface area contributed by atoms with Crippen LogP contribution in [-0.2, 0) is 0 Å². The molecule has 0 radical (unpaired) electrons. The van der Waals surface area contributed by atoms with Crippen molar-refractivity contribution in [1.82, 2.24) is 5.32 Å². The van der Waals surface area contributed by atoms with Gasteiger partial charge in [-0.3, -0.25) is 0 Å². The number of hydrogen-bond acceptors (Lipinski definition) is 1. The fraction of sp³-hybridized carbons (Fsp3) is 0.600.